The van der Waals surface area contributed by atoms with Crippen LogP contribution in [0.15, 0.2) is 40.3 Å². The Balaban J connectivity index is 1.61. The van der Waals surface area contributed by atoms with Gasteiger partial charge in [-0.3, -0.25) is 25.5 Å². The van der Waals surface area contributed by atoms with Gasteiger partial charge in [-0.2, -0.15) is 5.10 Å². The fraction of sp³-hybridized carbons (Fsp3) is 0. The number of amides is 2. The van der Waals surface area contributed by atoms with Crippen LogP contribution in [0.5, 0.6) is 0 Å². The Labute approximate surface area is 137 Å². The largest absolute Gasteiger partial charge is 0.356 e. The number of carbonyl (C=O) groups is 2. The van der Waals surface area contributed by atoms with E-state index < -0.39 is 11.8 Å². The summed E-state index contributed by atoms with van der Waals surface area (Å²) < 4.78 is 0.747. The molecule has 0 fully saturated rings. The maximum Gasteiger partial charge on any atom is 0.290 e. The molecule has 22 heavy (non-hydrogen) atoms. The van der Waals surface area contributed by atoms with Gasteiger partial charge in [-0.15, -0.1) is 11.3 Å². The molecule has 3 aromatic rings. The van der Waals surface area contributed by atoms with Crippen LogP contribution in [0.4, 0.5) is 0 Å². The Morgan fingerprint density at radius 2 is 2.05 bits per heavy atom. The zero-order chi connectivity index (χ0) is 15.5. The highest BCUT2D eigenvalue weighted by Crippen LogP contribution is 2.22. The van der Waals surface area contributed by atoms with Crippen molar-refractivity contribution >= 4 is 39.1 Å². The lowest BCUT2D eigenvalue weighted by Gasteiger charge is -2.03. The van der Waals surface area contributed by atoms with E-state index in [2.05, 4.69) is 42.0 Å². The highest BCUT2D eigenvalue weighted by Gasteiger charge is 2.14. The summed E-state index contributed by atoms with van der Waals surface area (Å²) in [6, 6.07) is 7.06. The Bertz CT molecular complexity index is 808. The minimum atomic E-state index is -0.502. The van der Waals surface area contributed by atoms with E-state index in [1.54, 1.807) is 18.3 Å². The molecule has 0 saturated carbocycles. The molecule has 3 rings (SSSR count). The lowest BCUT2D eigenvalue weighted by molar-refractivity contribution is 0.0841. The summed E-state index contributed by atoms with van der Waals surface area (Å²) in [5.74, 6) is -0.953. The standard InChI is InChI=1S/C13H10BrN5O2S/c14-7-4-9(15-6-7)12(20)18-19-13(21)10-5-8(16-17-10)11-2-1-3-22-11/h1-6,15H,(H,16,17)(H,18,20)(H,19,21). The highest BCUT2D eigenvalue weighted by molar-refractivity contribution is 9.10. The van der Waals surface area contributed by atoms with Crippen molar-refractivity contribution in [2.75, 3.05) is 0 Å². The van der Waals surface area contributed by atoms with E-state index in [9.17, 15) is 9.59 Å². The van der Waals surface area contributed by atoms with E-state index in [0.29, 0.717) is 5.69 Å². The number of nitrogens with zero attached hydrogens (tertiary/aromatic N) is 1. The number of aromatic nitrogens is 3. The lowest BCUT2D eigenvalue weighted by Crippen LogP contribution is -2.41. The summed E-state index contributed by atoms with van der Waals surface area (Å²) in [5.41, 5.74) is 5.89. The molecule has 4 N–H and O–H groups in total. The molecule has 112 valence electrons. The average molecular weight is 380 g/mol. The number of halogens is 1. The first kappa shape index (κ1) is 14.5. The minimum absolute atomic E-state index is 0.191. The summed E-state index contributed by atoms with van der Waals surface area (Å²) in [6.45, 7) is 0. The van der Waals surface area contributed by atoms with Gasteiger partial charge in [0.25, 0.3) is 11.8 Å². The maximum absolute atomic E-state index is 11.9. The molecule has 0 spiro atoms. The molecule has 0 saturated heterocycles. The van der Waals surface area contributed by atoms with Crippen molar-refractivity contribution in [3.05, 3.63) is 51.7 Å². The number of nitrogens with one attached hydrogen (secondary N) is 4. The predicted octanol–water partition coefficient (Wildman–Crippen LogP) is 2.30. The van der Waals surface area contributed by atoms with Gasteiger partial charge in [-0.25, -0.2) is 0 Å². The van der Waals surface area contributed by atoms with Crippen LogP contribution in [0.2, 0.25) is 0 Å². The summed E-state index contributed by atoms with van der Waals surface area (Å²) in [7, 11) is 0. The van der Waals surface area contributed by atoms with Crippen LogP contribution in [0.1, 0.15) is 21.0 Å². The van der Waals surface area contributed by atoms with Crippen molar-refractivity contribution in [1.82, 2.24) is 26.0 Å². The molecule has 0 aromatic carbocycles. The van der Waals surface area contributed by atoms with E-state index in [-0.39, 0.29) is 5.69 Å². The number of hydrogen-bond donors (Lipinski definition) is 4. The molecule has 0 radical (unpaired) electrons. The number of carbonyl (C=O) groups excluding carboxylic acids is 2. The molecular formula is C13H10BrN5O2S. The molecule has 3 aromatic heterocycles. The zero-order valence-corrected chi connectivity index (χ0v) is 13.4. The normalized spacial score (nSPS) is 10.4. The van der Waals surface area contributed by atoms with E-state index in [4.69, 9.17) is 0 Å². The van der Waals surface area contributed by atoms with Crippen molar-refractivity contribution in [3.8, 4) is 10.6 Å². The molecule has 0 aliphatic heterocycles. The number of thiophene rings is 1. The van der Waals surface area contributed by atoms with Gasteiger partial charge in [0.1, 0.15) is 5.69 Å². The summed E-state index contributed by atoms with van der Waals surface area (Å²) >= 11 is 4.76. The molecular weight excluding hydrogens is 370 g/mol. The molecule has 0 atom stereocenters. The molecule has 0 bridgehead atoms. The van der Waals surface area contributed by atoms with Gasteiger partial charge in [0.2, 0.25) is 0 Å². The molecule has 0 unspecified atom stereocenters. The summed E-state index contributed by atoms with van der Waals surface area (Å²) in [5, 5.41) is 8.65. The lowest BCUT2D eigenvalue weighted by atomic mass is 10.3. The third-order valence-corrected chi connectivity index (χ3v) is 4.14. The van der Waals surface area contributed by atoms with E-state index in [1.807, 2.05) is 17.5 Å². The predicted molar refractivity (Wildman–Crippen MR) is 85.3 cm³/mol. The van der Waals surface area contributed by atoms with E-state index >= 15 is 0 Å². The first-order chi connectivity index (χ1) is 10.6. The monoisotopic (exact) mass is 379 g/mol. The van der Waals surface area contributed by atoms with Crippen molar-refractivity contribution in [2.24, 2.45) is 0 Å². The fourth-order valence-corrected chi connectivity index (χ4v) is 2.78. The van der Waals surface area contributed by atoms with Crippen LogP contribution in [0.3, 0.4) is 0 Å². The van der Waals surface area contributed by atoms with Gasteiger partial charge in [-0.05, 0) is 39.5 Å². The molecule has 9 heteroatoms. The smallest absolute Gasteiger partial charge is 0.290 e. The molecule has 0 aliphatic carbocycles. The molecule has 3 heterocycles. The Kier molecular flexibility index (Phi) is 4.07. The summed E-state index contributed by atoms with van der Waals surface area (Å²) in [6.07, 6.45) is 1.62. The maximum atomic E-state index is 11.9. The average Bonchev–Trinajstić information content (AvgIpc) is 3.23. The van der Waals surface area contributed by atoms with Gasteiger partial charge in [0, 0.05) is 10.7 Å². The van der Waals surface area contributed by atoms with Crippen molar-refractivity contribution in [3.63, 3.8) is 0 Å². The van der Waals surface area contributed by atoms with Crippen LogP contribution in [0.25, 0.3) is 10.6 Å². The summed E-state index contributed by atoms with van der Waals surface area (Å²) in [4.78, 5) is 27.5. The van der Waals surface area contributed by atoms with Gasteiger partial charge < -0.3 is 4.98 Å². The van der Waals surface area contributed by atoms with Gasteiger partial charge in [0.15, 0.2) is 5.69 Å². The van der Waals surface area contributed by atoms with Crippen molar-refractivity contribution in [1.29, 1.82) is 0 Å². The van der Waals surface area contributed by atoms with Gasteiger partial charge >= 0.3 is 0 Å². The van der Waals surface area contributed by atoms with E-state index in [1.165, 1.54) is 11.3 Å². The molecule has 7 nitrogen and oxygen atoms in total. The van der Waals surface area contributed by atoms with Crippen LogP contribution in [0, 0.1) is 0 Å². The Morgan fingerprint density at radius 3 is 2.73 bits per heavy atom. The van der Waals surface area contributed by atoms with E-state index in [0.717, 1.165) is 15.0 Å². The van der Waals surface area contributed by atoms with Crippen molar-refractivity contribution < 1.29 is 9.59 Å². The van der Waals surface area contributed by atoms with Crippen LogP contribution < -0.4 is 10.9 Å². The second-order valence-corrected chi connectivity index (χ2v) is 6.15. The van der Waals surface area contributed by atoms with Crippen LogP contribution >= 0.6 is 27.3 Å². The number of H-pyrrole nitrogens is 2. The second-order valence-electron chi connectivity index (χ2n) is 4.28. The zero-order valence-electron chi connectivity index (χ0n) is 11.0. The quantitative estimate of drug-likeness (QED) is 0.525. The minimum Gasteiger partial charge on any atom is -0.356 e. The topological polar surface area (TPSA) is 103 Å². The molecule has 2 amide bonds. The van der Waals surface area contributed by atoms with Crippen LogP contribution in [-0.4, -0.2) is 27.0 Å². The van der Waals surface area contributed by atoms with Crippen LogP contribution in [-0.2, 0) is 0 Å². The first-order valence-electron chi connectivity index (χ1n) is 6.17. The SMILES string of the molecule is O=C(NNC(=O)c1cc(Br)c[nH]1)c1cc(-c2cccs2)[nH]n1. The third-order valence-electron chi connectivity index (χ3n) is 2.78. The molecule has 0 aliphatic rings. The number of rotatable bonds is 3. The van der Waals surface area contributed by atoms with Gasteiger partial charge in [-0.1, -0.05) is 6.07 Å². The third kappa shape index (κ3) is 3.10. The fourth-order valence-electron chi connectivity index (χ4n) is 1.74. The second kappa shape index (κ2) is 6.16. The number of aromatic amines is 2. The number of hydrogen-bond acceptors (Lipinski definition) is 4. The Morgan fingerprint density at radius 1 is 1.23 bits per heavy atom. The van der Waals surface area contributed by atoms with Gasteiger partial charge in [0.05, 0.1) is 10.6 Å². The highest BCUT2D eigenvalue weighted by atomic mass is 79.9. The van der Waals surface area contributed by atoms with Crippen molar-refractivity contribution in [2.45, 2.75) is 0 Å². The Hall–Kier alpha value is -2.39. The first-order valence-corrected chi connectivity index (χ1v) is 7.84. The number of hydrazine groups is 1.